The summed E-state index contributed by atoms with van der Waals surface area (Å²) >= 11 is 3.45. The van der Waals surface area contributed by atoms with Crippen LogP contribution in [-0.4, -0.2) is 16.4 Å². The molecule has 0 spiro atoms. The van der Waals surface area contributed by atoms with Gasteiger partial charge in [-0.25, -0.2) is 0 Å². The molecule has 0 bridgehead atoms. The highest BCUT2D eigenvalue weighted by Crippen LogP contribution is 2.23. The average molecular weight is 310 g/mol. The Kier molecular flexibility index (Phi) is 4.38. The molecule has 2 N–H and O–H groups in total. The molecular formula is C13H16BrN3O. The first-order valence-corrected chi connectivity index (χ1v) is 6.58. The number of aryl methyl sites for hydroxylation is 1. The molecule has 0 aliphatic carbocycles. The lowest BCUT2D eigenvalue weighted by atomic mass is 10.1. The maximum atomic E-state index is 6.13. The molecule has 1 unspecified atom stereocenters. The Morgan fingerprint density at radius 1 is 1.39 bits per heavy atom. The quantitative estimate of drug-likeness (QED) is 0.924. The van der Waals surface area contributed by atoms with Gasteiger partial charge in [0.15, 0.2) is 0 Å². The Labute approximate surface area is 115 Å². The predicted molar refractivity (Wildman–Crippen MR) is 74.4 cm³/mol. The number of hydrogen-bond donors (Lipinski definition) is 1. The van der Waals surface area contributed by atoms with Crippen molar-refractivity contribution in [3.63, 3.8) is 0 Å². The van der Waals surface area contributed by atoms with Crippen molar-refractivity contribution >= 4 is 15.9 Å². The molecular weight excluding hydrogens is 294 g/mol. The predicted octanol–water partition coefficient (Wildman–Crippen LogP) is 2.65. The third-order valence-electron chi connectivity index (χ3n) is 2.73. The van der Waals surface area contributed by atoms with E-state index in [1.165, 1.54) is 0 Å². The van der Waals surface area contributed by atoms with Gasteiger partial charge in [-0.1, -0.05) is 18.2 Å². The second kappa shape index (κ2) is 6.02. The fraction of sp³-hybridized carbons (Fsp3) is 0.308. The number of rotatable bonds is 5. The molecule has 5 heteroatoms. The zero-order valence-electron chi connectivity index (χ0n) is 10.2. The first-order chi connectivity index (χ1) is 8.68. The molecule has 1 aromatic heterocycles. The highest BCUT2D eigenvalue weighted by atomic mass is 79.9. The van der Waals surface area contributed by atoms with Crippen molar-refractivity contribution in [3.8, 4) is 5.75 Å². The molecule has 0 saturated heterocycles. The standard InChI is InChI=1S/C13H16BrN3O/c1-17-13(11(14)9-16-17)12(15)7-8-18-10-5-3-2-4-6-10/h2-6,9,12H,7-8,15H2,1H3. The normalized spacial score (nSPS) is 12.4. The zero-order valence-corrected chi connectivity index (χ0v) is 11.8. The topological polar surface area (TPSA) is 53.1 Å². The second-order valence-electron chi connectivity index (χ2n) is 4.06. The highest BCUT2D eigenvalue weighted by molar-refractivity contribution is 9.10. The number of benzene rings is 1. The Bertz CT molecular complexity index is 479. The number of nitrogens with two attached hydrogens (primary N) is 1. The first kappa shape index (κ1) is 13.1. The summed E-state index contributed by atoms with van der Waals surface area (Å²) in [6, 6.07) is 9.65. The Morgan fingerprint density at radius 2 is 2.11 bits per heavy atom. The molecule has 0 fully saturated rings. The van der Waals surface area contributed by atoms with Crippen molar-refractivity contribution < 1.29 is 4.74 Å². The van der Waals surface area contributed by atoms with Gasteiger partial charge in [-0.3, -0.25) is 4.68 Å². The van der Waals surface area contributed by atoms with Crippen molar-refractivity contribution in [1.29, 1.82) is 0 Å². The van der Waals surface area contributed by atoms with Crippen LogP contribution in [0.1, 0.15) is 18.2 Å². The number of halogens is 1. The van der Waals surface area contributed by atoms with E-state index in [4.69, 9.17) is 10.5 Å². The van der Waals surface area contributed by atoms with Gasteiger partial charge in [-0.05, 0) is 28.1 Å². The van der Waals surface area contributed by atoms with E-state index in [2.05, 4.69) is 21.0 Å². The number of aromatic nitrogens is 2. The van der Waals surface area contributed by atoms with Gasteiger partial charge in [0.25, 0.3) is 0 Å². The van der Waals surface area contributed by atoms with Gasteiger partial charge in [-0.2, -0.15) is 5.10 Å². The van der Waals surface area contributed by atoms with Gasteiger partial charge in [0.05, 0.1) is 29.0 Å². The van der Waals surface area contributed by atoms with E-state index < -0.39 is 0 Å². The number of para-hydroxylation sites is 1. The van der Waals surface area contributed by atoms with Crippen LogP contribution in [0.4, 0.5) is 0 Å². The smallest absolute Gasteiger partial charge is 0.119 e. The van der Waals surface area contributed by atoms with E-state index in [1.807, 2.05) is 37.4 Å². The Morgan fingerprint density at radius 3 is 2.72 bits per heavy atom. The van der Waals surface area contributed by atoms with Crippen LogP contribution in [0.25, 0.3) is 0 Å². The fourth-order valence-electron chi connectivity index (χ4n) is 1.79. The van der Waals surface area contributed by atoms with Crippen LogP contribution in [-0.2, 0) is 7.05 Å². The molecule has 0 aliphatic heterocycles. The number of ether oxygens (including phenoxy) is 1. The largest absolute Gasteiger partial charge is 0.494 e. The Balaban J connectivity index is 1.88. The van der Waals surface area contributed by atoms with Crippen LogP contribution in [0.2, 0.25) is 0 Å². The summed E-state index contributed by atoms with van der Waals surface area (Å²) in [6.45, 7) is 0.586. The lowest BCUT2D eigenvalue weighted by Crippen LogP contribution is -2.18. The molecule has 0 radical (unpaired) electrons. The van der Waals surface area contributed by atoms with Crippen LogP contribution in [0.5, 0.6) is 5.75 Å². The van der Waals surface area contributed by atoms with E-state index in [0.717, 1.165) is 22.3 Å². The molecule has 1 aromatic carbocycles. The van der Waals surface area contributed by atoms with Crippen molar-refractivity contribution in [2.75, 3.05) is 6.61 Å². The van der Waals surface area contributed by atoms with Crippen molar-refractivity contribution in [2.24, 2.45) is 12.8 Å². The van der Waals surface area contributed by atoms with Crippen LogP contribution < -0.4 is 10.5 Å². The van der Waals surface area contributed by atoms with Gasteiger partial charge >= 0.3 is 0 Å². The van der Waals surface area contributed by atoms with E-state index in [-0.39, 0.29) is 6.04 Å². The van der Waals surface area contributed by atoms with Crippen LogP contribution in [0.15, 0.2) is 41.0 Å². The molecule has 18 heavy (non-hydrogen) atoms. The van der Waals surface area contributed by atoms with E-state index in [1.54, 1.807) is 10.9 Å². The van der Waals surface area contributed by atoms with Gasteiger partial charge in [-0.15, -0.1) is 0 Å². The van der Waals surface area contributed by atoms with Crippen molar-refractivity contribution in [2.45, 2.75) is 12.5 Å². The lowest BCUT2D eigenvalue weighted by molar-refractivity contribution is 0.296. The molecule has 4 nitrogen and oxygen atoms in total. The van der Waals surface area contributed by atoms with Crippen LogP contribution in [0.3, 0.4) is 0 Å². The summed E-state index contributed by atoms with van der Waals surface area (Å²) in [5, 5.41) is 4.15. The minimum Gasteiger partial charge on any atom is -0.494 e. The maximum absolute atomic E-state index is 6.13. The second-order valence-corrected chi connectivity index (χ2v) is 4.91. The molecule has 96 valence electrons. The zero-order chi connectivity index (χ0) is 13.0. The first-order valence-electron chi connectivity index (χ1n) is 5.79. The minimum absolute atomic E-state index is 0.0874. The number of hydrogen-bond acceptors (Lipinski definition) is 3. The lowest BCUT2D eigenvalue weighted by Gasteiger charge is -2.13. The summed E-state index contributed by atoms with van der Waals surface area (Å²) in [4.78, 5) is 0. The third-order valence-corrected chi connectivity index (χ3v) is 3.34. The van der Waals surface area contributed by atoms with Gasteiger partial charge in [0.1, 0.15) is 5.75 Å². The van der Waals surface area contributed by atoms with Crippen LogP contribution in [0, 0.1) is 0 Å². The average Bonchev–Trinajstić information content (AvgIpc) is 2.70. The highest BCUT2D eigenvalue weighted by Gasteiger charge is 2.14. The fourth-order valence-corrected chi connectivity index (χ4v) is 2.44. The van der Waals surface area contributed by atoms with E-state index in [0.29, 0.717) is 6.61 Å². The summed E-state index contributed by atoms with van der Waals surface area (Å²) in [5.41, 5.74) is 7.13. The van der Waals surface area contributed by atoms with Crippen molar-refractivity contribution in [1.82, 2.24) is 9.78 Å². The molecule has 0 aliphatic rings. The summed E-state index contributed by atoms with van der Waals surface area (Å²) in [5.74, 6) is 0.869. The molecule has 1 heterocycles. The third kappa shape index (κ3) is 3.11. The van der Waals surface area contributed by atoms with E-state index >= 15 is 0 Å². The summed E-state index contributed by atoms with van der Waals surface area (Å²) in [7, 11) is 1.89. The molecule has 2 rings (SSSR count). The SMILES string of the molecule is Cn1ncc(Br)c1C(N)CCOc1ccccc1. The molecule has 2 aromatic rings. The molecule has 1 atom stereocenters. The van der Waals surface area contributed by atoms with Gasteiger partial charge in [0, 0.05) is 13.5 Å². The minimum atomic E-state index is -0.0874. The molecule has 0 amide bonds. The Hall–Kier alpha value is -1.33. The summed E-state index contributed by atoms with van der Waals surface area (Å²) < 4.78 is 8.36. The van der Waals surface area contributed by atoms with E-state index in [9.17, 15) is 0 Å². The van der Waals surface area contributed by atoms with Crippen LogP contribution >= 0.6 is 15.9 Å². The number of nitrogens with zero attached hydrogens (tertiary/aromatic N) is 2. The maximum Gasteiger partial charge on any atom is 0.119 e. The van der Waals surface area contributed by atoms with Crippen molar-refractivity contribution in [3.05, 3.63) is 46.7 Å². The monoisotopic (exact) mass is 309 g/mol. The summed E-state index contributed by atoms with van der Waals surface area (Å²) in [6.07, 6.45) is 2.50. The van der Waals surface area contributed by atoms with Gasteiger partial charge in [0.2, 0.25) is 0 Å². The molecule has 0 saturated carbocycles. The van der Waals surface area contributed by atoms with Gasteiger partial charge < -0.3 is 10.5 Å².